The van der Waals surface area contributed by atoms with Crippen molar-refractivity contribution in [3.8, 4) is 22.3 Å². The van der Waals surface area contributed by atoms with E-state index in [4.69, 9.17) is 0 Å². The average Bonchev–Trinajstić information content (AvgIpc) is 2.95. The number of aryl methyl sites for hydroxylation is 2. The lowest BCUT2D eigenvalue weighted by atomic mass is 9.91. The summed E-state index contributed by atoms with van der Waals surface area (Å²) in [6, 6.07) is 32.0. The number of aliphatic hydroxyl groups excluding tert-OH is 1. The van der Waals surface area contributed by atoms with Gasteiger partial charge in [0.1, 0.15) is 0 Å². The van der Waals surface area contributed by atoms with E-state index in [1.54, 1.807) is 0 Å². The van der Waals surface area contributed by atoms with E-state index < -0.39 is 0 Å². The summed E-state index contributed by atoms with van der Waals surface area (Å²) in [5.41, 5.74) is 8.25. The quantitative estimate of drug-likeness (QED) is 0.278. The summed E-state index contributed by atoms with van der Waals surface area (Å²) in [4.78, 5) is 8.69. The molecule has 36 heavy (non-hydrogen) atoms. The van der Waals surface area contributed by atoms with Gasteiger partial charge >= 0.3 is 0 Å². The van der Waals surface area contributed by atoms with E-state index in [9.17, 15) is 5.11 Å². The topological polar surface area (TPSA) is 46.0 Å². The van der Waals surface area contributed by atoms with Crippen molar-refractivity contribution >= 4 is 21.5 Å². The number of aromatic nitrogens is 2. The lowest BCUT2D eigenvalue weighted by Gasteiger charge is -2.14. The van der Waals surface area contributed by atoms with Gasteiger partial charge in [0.15, 0.2) is 0 Å². The predicted molar refractivity (Wildman–Crippen MR) is 148 cm³/mol. The van der Waals surface area contributed by atoms with Gasteiger partial charge in [-0.3, -0.25) is 9.97 Å². The summed E-state index contributed by atoms with van der Waals surface area (Å²) < 4.78 is 0. The molecule has 3 heteroatoms. The van der Waals surface area contributed by atoms with Crippen molar-refractivity contribution in [2.24, 2.45) is 0 Å². The Bertz CT molecular complexity index is 1660. The molecule has 0 aliphatic carbocycles. The Kier molecular flexibility index (Phi) is 5.98. The van der Waals surface area contributed by atoms with Crippen LogP contribution in [0, 0.1) is 0 Å². The normalized spacial score (nSPS) is 11.2. The molecular weight excluding hydrogens is 440 g/mol. The van der Waals surface area contributed by atoms with Crippen molar-refractivity contribution in [2.75, 3.05) is 0 Å². The summed E-state index contributed by atoms with van der Waals surface area (Å²) in [6.45, 7) is 0.0406. The van der Waals surface area contributed by atoms with Crippen LogP contribution >= 0.6 is 0 Å². The number of pyridine rings is 2. The van der Waals surface area contributed by atoms with Crippen molar-refractivity contribution in [1.82, 2.24) is 9.97 Å². The number of hydrogen-bond donors (Lipinski definition) is 1. The lowest BCUT2D eigenvalue weighted by molar-refractivity contribution is 0.282. The van der Waals surface area contributed by atoms with Gasteiger partial charge in [0, 0.05) is 35.6 Å². The van der Waals surface area contributed by atoms with Crippen molar-refractivity contribution in [1.29, 1.82) is 0 Å². The zero-order valence-corrected chi connectivity index (χ0v) is 19.9. The van der Waals surface area contributed by atoms with Crippen molar-refractivity contribution in [2.45, 2.75) is 19.4 Å². The van der Waals surface area contributed by atoms with Crippen molar-refractivity contribution in [3.63, 3.8) is 0 Å². The monoisotopic (exact) mass is 466 g/mol. The third kappa shape index (κ3) is 4.26. The van der Waals surface area contributed by atoms with E-state index in [-0.39, 0.29) is 6.61 Å². The molecule has 2 heterocycles. The van der Waals surface area contributed by atoms with Crippen molar-refractivity contribution < 1.29 is 5.11 Å². The van der Waals surface area contributed by atoms with Crippen LogP contribution in [0.1, 0.15) is 16.7 Å². The summed E-state index contributed by atoms with van der Waals surface area (Å²) in [7, 11) is 0. The smallest absolute Gasteiger partial charge is 0.0681 e. The molecule has 174 valence electrons. The van der Waals surface area contributed by atoms with Gasteiger partial charge in [0.05, 0.1) is 6.61 Å². The first-order chi connectivity index (χ1) is 17.8. The highest BCUT2D eigenvalue weighted by Crippen LogP contribution is 2.33. The van der Waals surface area contributed by atoms with Crippen LogP contribution in [0.5, 0.6) is 0 Å². The Hall–Kier alpha value is -4.34. The summed E-state index contributed by atoms with van der Waals surface area (Å²) in [6.07, 6.45) is 9.36. The van der Waals surface area contributed by atoms with Gasteiger partial charge in [-0.2, -0.15) is 0 Å². The Morgan fingerprint density at radius 3 is 1.89 bits per heavy atom. The Balaban J connectivity index is 1.30. The summed E-state index contributed by atoms with van der Waals surface area (Å²) >= 11 is 0. The second-order valence-electron chi connectivity index (χ2n) is 9.15. The standard InChI is InChI=1S/C33H26N2O/c36-22-24-10-14-30(31-6-2-4-26-16-18-35-21-33(26)31)28(19-24)13-9-23-7-11-27(12-8-23)29-5-1-3-25-15-17-34-20-32(25)29/h1-8,10-12,14-21,36H,9,13,22H2. The second kappa shape index (κ2) is 9.73. The molecule has 0 aliphatic heterocycles. The van der Waals surface area contributed by atoms with Gasteiger partial charge in [0.25, 0.3) is 0 Å². The largest absolute Gasteiger partial charge is 0.392 e. The van der Waals surface area contributed by atoms with Gasteiger partial charge < -0.3 is 5.11 Å². The van der Waals surface area contributed by atoms with Crippen LogP contribution in [0.25, 0.3) is 43.8 Å². The number of fused-ring (bicyclic) bond motifs is 2. The molecule has 0 radical (unpaired) electrons. The van der Waals surface area contributed by atoms with E-state index >= 15 is 0 Å². The third-order valence-corrected chi connectivity index (χ3v) is 6.96. The molecule has 0 atom stereocenters. The maximum absolute atomic E-state index is 9.78. The lowest BCUT2D eigenvalue weighted by Crippen LogP contribution is -1.97. The summed E-state index contributed by atoms with van der Waals surface area (Å²) in [5.74, 6) is 0. The molecular formula is C33H26N2O. The first-order valence-electron chi connectivity index (χ1n) is 12.3. The molecule has 0 amide bonds. The molecule has 4 aromatic carbocycles. The Morgan fingerprint density at radius 2 is 1.19 bits per heavy atom. The molecule has 0 aliphatic rings. The van der Waals surface area contributed by atoms with Crippen LogP contribution < -0.4 is 0 Å². The fourth-order valence-electron chi connectivity index (χ4n) is 5.06. The zero-order chi connectivity index (χ0) is 24.3. The minimum Gasteiger partial charge on any atom is -0.392 e. The first kappa shape index (κ1) is 22.1. The molecule has 0 spiro atoms. The maximum atomic E-state index is 9.78. The van der Waals surface area contributed by atoms with Crippen LogP contribution in [0.15, 0.2) is 116 Å². The number of rotatable bonds is 6. The average molecular weight is 467 g/mol. The molecule has 3 nitrogen and oxygen atoms in total. The fourth-order valence-corrected chi connectivity index (χ4v) is 5.06. The molecule has 0 fully saturated rings. The SMILES string of the molecule is OCc1ccc(-c2cccc3ccncc23)c(CCc2ccc(-c3cccc4ccncc34)cc2)c1. The highest BCUT2D eigenvalue weighted by molar-refractivity contribution is 5.97. The van der Waals surface area contributed by atoms with E-state index in [0.29, 0.717) is 0 Å². The minimum absolute atomic E-state index is 0.0406. The van der Waals surface area contributed by atoms with Gasteiger partial charge in [-0.15, -0.1) is 0 Å². The molecule has 2 aromatic heterocycles. The third-order valence-electron chi connectivity index (χ3n) is 6.96. The molecule has 6 aromatic rings. The Morgan fingerprint density at radius 1 is 0.556 bits per heavy atom. The minimum atomic E-state index is 0.0406. The van der Waals surface area contributed by atoms with Crippen LogP contribution in [0.3, 0.4) is 0 Å². The maximum Gasteiger partial charge on any atom is 0.0681 e. The van der Waals surface area contributed by atoms with E-state index in [0.717, 1.165) is 23.8 Å². The van der Waals surface area contributed by atoms with Gasteiger partial charge in [-0.25, -0.2) is 0 Å². The van der Waals surface area contributed by atoms with Gasteiger partial charge in [-0.1, -0.05) is 78.9 Å². The van der Waals surface area contributed by atoms with E-state index in [1.807, 2.05) is 36.9 Å². The number of hydrogen-bond acceptors (Lipinski definition) is 3. The van der Waals surface area contributed by atoms with Gasteiger partial charge in [0.2, 0.25) is 0 Å². The van der Waals surface area contributed by atoms with Crippen LogP contribution in [-0.4, -0.2) is 15.1 Å². The zero-order valence-electron chi connectivity index (χ0n) is 19.9. The number of benzene rings is 4. The number of aliphatic hydroxyl groups is 1. The van der Waals surface area contributed by atoms with Crippen LogP contribution in [0.2, 0.25) is 0 Å². The molecule has 1 N–H and O–H groups in total. The Labute approximate surface area is 210 Å². The highest BCUT2D eigenvalue weighted by Gasteiger charge is 2.11. The first-order valence-corrected chi connectivity index (χ1v) is 12.3. The van der Waals surface area contributed by atoms with Gasteiger partial charge in [-0.05, 0) is 74.7 Å². The molecule has 0 saturated heterocycles. The molecule has 0 unspecified atom stereocenters. The van der Waals surface area contributed by atoms with E-state index in [1.165, 1.54) is 49.5 Å². The highest BCUT2D eigenvalue weighted by atomic mass is 16.3. The molecule has 0 saturated carbocycles. The van der Waals surface area contributed by atoms with Crippen molar-refractivity contribution in [3.05, 3.63) is 132 Å². The fraction of sp³-hybridized carbons (Fsp3) is 0.0909. The van der Waals surface area contributed by atoms with E-state index in [2.05, 4.69) is 88.8 Å². The number of nitrogens with zero attached hydrogens (tertiary/aromatic N) is 2. The second-order valence-corrected chi connectivity index (χ2v) is 9.15. The predicted octanol–water partition coefficient (Wildman–Crippen LogP) is 7.39. The summed E-state index contributed by atoms with van der Waals surface area (Å²) in [5, 5.41) is 14.5. The molecule has 0 bridgehead atoms. The molecule has 6 rings (SSSR count). The van der Waals surface area contributed by atoms with Crippen LogP contribution in [0.4, 0.5) is 0 Å². The van der Waals surface area contributed by atoms with Crippen LogP contribution in [-0.2, 0) is 19.4 Å².